The van der Waals surface area contributed by atoms with E-state index >= 15 is 0 Å². The van der Waals surface area contributed by atoms with E-state index < -0.39 is 0 Å². The van der Waals surface area contributed by atoms with Gasteiger partial charge in [0.25, 0.3) is 5.91 Å². The lowest BCUT2D eigenvalue weighted by Gasteiger charge is -2.09. The Morgan fingerprint density at radius 2 is 2.07 bits per heavy atom. The van der Waals surface area contributed by atoms with E-state index in [0.29, 0.717) is 28.6 Å². The average Bonchev–Trinajstić information content (AvgIpc) is 3.28. The predicted molar refractivity (Wildman–Crippen MR) is 121 cm³/mol. The minimum absolute atomic E-state index is 0.128. The summed E-state index contributed by atoms with van der Waals surface area (Å²) in [5, 5.41) is 6.71. The molecule has 30 heavy (non-hydrogen) atoms. The van der Waals surface area contributed by atoms with Crippen molar-refractivity contribution in [2.75, 3.05) is 5.32 Å². The van der Waals surface area contributed by atoms with E-state index in [1.807, 2.05) is 28.8 Å². The second kappa shape index (κ2) is 7.91. The van der Waals surface area contributed by atoms with Gasteiger partial charge < -0.3 is 10.6 Å². The number of rotatable bonds is 6. The number of aromatic nitrogens is 3. The average molecular weight is 458 g/mol. The third-order valence-electron chi connectivity index (χ3n) is 4.91. The van der Waals surface area contributed by atoms with E-state index in [-0.39, 0.29) is 11.9 Å². The Labute approximate surface area is 186 Å². The number of imidazole rings is 1. The van der Waals surface area contributed by atoms with Crippen LogP contribution in [0.5, 0.6) is 0 Å². The molecular formula is C21H17Cl2N5OS. The van der Waals surface area contributed by atoms with E-state index in [1.165, 1.54) is 11.3 Å². The largest absolute Gasteiger partial charge is 0.362 e. The lowest BCUT2D eigenvalue weighted by molar-refractivity contribution is 0.0951. The van der Waals surface area contributed by atoms with Crippen molar-refractivity contribution in [1.82, 2.24) is 19.7 Å². The van der Waals surface area contributed by atoms with Crippen molar-refractivity contribution < 1.29 is 4.79 Å². The highest BCUT2D eigenvalue weighted by Gasteiger charge is 2.25. The minimum atomic E-state index is -0.128. The van der Waals surface area contributed by atoms with Gasteiger partial charge in [0, 0.05) is 28.9 Å². The zero-order valence-corrected chi connectivity index (χ0v) is 18.1. The van der Waals surface area contributed by atoms with Crippen LogP contribution >= 0.6 is 34.5 Å². The molecule has 3 heterocycles. The molecule has 6 nitrogen and oxygen atoms in total. The minimum Gasteiger partial charge on any atom is -0.362 e. The maximum absolute atomic E-state index is 12.3. The molecule has 1 saturated carbocycles. The zero-order valence-electron chi connectivity index (χ0n) is 15.7. The van der Waals surface area contributed by atoms with Gasteiger partial charge in [-0.15, -0.1) is 11.3 Å². The summed E-state index contributed by atoms with van der Waals surface area (Å²) in [5.41, 5.74) is 2.94. The molecule has 0 spiro atoms. The van der Waals surface area contributed by atoms with E-state index in [4.69, 9.17) is 23.2 Å². The number of halogens is 2. The molecule has 0 saturated heterocycles. The summed E-state index contributed by atoms with van der Waals surface area (Å²) in [7, 11) is 0. The molecule has 0 unspecified atom stereocenters. The van der Waals surface area contributed by atoms with E-state index in [0.717, 1.165) is 33.3 Å². The van der Waals surface area contributed by atoms with Crippen LogP contribution in [0.1, 0.15) is 28.1 Å². The quantitative estimate of drug-likeness (QED) is 0.413. The normalized spacial score (nSPS) is 13.5. The molecule has 1 aliphatic rings. The van der Waals surface area contributed by atoms with Crippen molar-refractivity contribution in [3.63, 3.8) is 0 Å². The molecule has 0 radical (unpaired) electrons. The molecule has 3 aromatic heterocycles. The molecule has 0 aliphatic heterocycles. The number of fused-ring (bicyclic) bond motifs is 1. The van der Waals surface area contributed by atoms with Gasteiger partial charge in [0.05, 0.1) is 33.4 Å². The van der Waals surface area contributed by atoms with Crippen molar-refractivity contribution >= 4 is 51.9 Å². The topological polar surface area (TPSA) is 71.3 Å². The molecule has 9 heteroatoms. The number of benzene rings is 1. The van der Waals surface area contributed by atoms with Gasteiger partial charge in [-0.05, 0) is 37.1 Å². The Bertz CT molecular complexity index is 1250. The van der Waals surface area contributed by atoms with Gasteiger partial charge in [0.15, 0.2) is 11.5 Å². The van der Waals surface area contributed by atoms with Gasteiger partial charge in [0.2, 0.25) is 0 Å². The van der Waals surface area contributed by atoms with E-state index in [1.54, 1.807) is 24.5 Å². The smallest absolute Gasteiger partial charge is 0.253 e. The highest BCUT2D eigenvalue weighted by atomic mass is 35.5. The van der Waals surface area contributed by atoms with Crippen LogP contribution in [0.4, 0.5) is 5.82 Å². The van der Waals surface area contributed by atoms with Crippen molar-refractivity contribution in [3.8, 4) is 11.3 Å². The SMILES string of the molecule is O=C(NC1CC1)c1ccc(-c2cnc3c(NCc4ccc(Cl)s4)nccn23)cc1Cl. The van der Waals surface area contributed by atoms with E-state index in [2.05, 4.69) is 20.6 Å². The highest BCUT2D eigenvalue weighted by molar-refractivity contribution is 7.16. The van der Waals surface area contributed by atoms with Crippen LogP contribution < -0.4 is 10.6 Å². The number of thiophene rings is 1. The standard InChI is InChI=1S/C21H17Cl2N5OS/c22-16-9-12(1-5-15(16)21(29)27-13-2-3-13)17-11-26-20-19(24-7-8-28(17)20)25-10-14-4-6-18(23)30-14/h1,4-9,11,13H,2-3,10H2,(H,24,25)(H,27,29). The number of anilines is 1. The fourth-order valence-corrected chi connectivity index (χ4v) is 4.52. The van der Waals surface area contributed by atoms with E-state index in [9.17, 15) is 4.79 Å². The lowest BCUT2D eigenvalue weighted by atomic mass is 10.1. The second-order valence-corrected chi connectivity index (χ2v) is 9.32. The van der Waals surface area contributed by atoms with Gasteiger partial charge in [-0.1, -0.05) is 29.3 Å². The highest BCUT2D eigenvalue weighted by Crippen LogP contribution is 2.29. The number of amides is 1. The first-order chi connectivity index (χ1) is 14.6. The summed E-state index contributed by atoms with van der Waals surface area (Å²) >= 11 is 14.0. The van der Waals surface area contributed by atoms with Crippen LogP contribution in [0.3, 0.4) is 0 Å². The number of nitrogens with one attached hydrogen (secondary N) is 2. The maximum atomic E-state index is 12.3. The van der Waals surface area contributed by atoms with Gasteiger partial charge in [-0.25, -0.2) is 9.97 Å². The third kappa shape index (κ3) is 3.88. The number of hydrogen-bond donors (Lipinski definition) is 2. The number of hydrogen-bond acceptors (Lipinski definition) is 5. The zero-order chi connectivity index (χ0) is 20.7. The molecule has 0 bridgehead atoms. The monoisotopic (exact) mass is 457 g/mol. The molecule has 152 valence electrons. The molecule has 1 aromatic carbocycles. The van der Waals surface area contributed by atoms with Gasteiger partial charge in [-0.3, -0.25) is 9.20 Å². The van der Waals surface area contributed by atoms with Gasteiger partial charge in [0.1, 0.15) is 0 Å². The fraction of sp³-hybridized carbons (Fsp3) is 0.190. The molecule has 1 aliphatic carbocycles. The summed E-state index contributed by atoms with van der Waals surface area (Å²) in [5.74, 6) is 0.552. The van der Waals surface area contributed by atoms with Crippen LogP contribution in [0, 0.1) is 0 Å². The summed E-state index contributed by atoms with van der Waals surface area (Å²) < 4.78 is 2.71. The van der Waals surface area contributed by atoms with Crippen molar-refractivity contribution in [2.24, 2.45) is 0 Å². The molecule has 1 amide bonds. The second-order valence-electron chi connectivity index (χ2n) is 7.11. The van der Waals surface area contributed by atoms with Crippen LogP contribution in [0.25, 0.3) is 16.9 Å². The molecular weight excluding hydrogens is 441 g/mol. The predicted octanol–water partition coefficient (Wildman–Crippen LogP) is 5.27. The van der Waals surface area contributed by atoms with Gasteiger partial charge >= 0.3 is 0 Å². The third-order valence-corrected chi connectivity index (χ3v) is 6.45. The molecule has 0 atom stereocenters. The first-order valence-electron chi connectivity index (χ1n) is 9.49. The summed E-state index contributed by atoms with van der Waals surface area (Å²) in [4.78, 5) is 22.4. The number of carbonyl (C=O) groups is 1. The Morgan fingerprint density at radius 3 is 2.80 bits per heavy atom. The van der Waals surface area contributed by atoms with Crippen molar-refractivity contribution in [1.29, 1.82) is 0 Å². The Kier molecular flexibility index (Phi) is 5.10. The molecule has 2 N–H and O–H groups in total. The Morgan fingerprint density at radius 1 is 1.20 bits per heavy atom. The van der Waals surface area contributed by atoms with Crippen LogP contribution in [0.2, 0.25) is 9.36 Å². The van der Waals surface area contributed by atoms with Crippen LogP contribution in [-0.2, 0) is 6.54 Å². The maximum Gasteiger partial charge on any atom is 0.253 e. The first-order valence-corrected chi connectivity index (χ1v) is 11.1. The summed E-state index contributed by atoms with van der Waals surface area (Å²) in [6.07, 6.45) is 7.42. The van der Waals surface area contributed by atoms with Crippen LogP contribution in [-0.4, -0.2) is 26.3 Å². The van der Waals surface area contributed by atoms with Gasteiger partial charge in [-0.2, -0.15) is 0 Å². The Balaban J connectivity index is 1.42. The number of carbonyl (C=O) groups excluding carboxylic acids is 1. The van der Waals surface area contributed by atoms with Crippen LogP contribution in [0.15, 0.2) is 48.9 Å². The Hall–Kier alpha value is -2.61. The molecule has 1 fully saturated rings. The van der Waals surface area contributed by atoms with Crippen molar-refractivity contribution in [3.05, 3.63) is 68.7 Å². The lowest BCUT2D eigenvalue weighted by Crippen LogP contribution is -2.25. The number of nitrogens with zero attached hydrogens (tertiary/aromatic N) is 3. The summed E-state index contributed by atoms with van der Waals surface area (Å²) in [6.45, 7) is 0.614. The first kappa shape index (κ1) is 19.4. The fourth-order valence-electron chi connectivity index (χ4n) is 3.22. The molecule has 4 aromatic rings. The summed E-state index contributed by atoms with van der Waals surface area (Å²) in [6, 6.07) is 9.60. The van der Waals surface area contributed by atoms with Crippen molar-refractivity contribution in [2.45, 2.75) is 25.4 Å². The molecule has 5 rings (SSSR count).